The van der Waals surface area contributed by atoms with E-state index < -0.39 is 0 Å². The van der Waals surface area contributed by atoms with Crippen LogP contribution in [0.15, 0.2) is 6.20 Å². The maximum atomic E-state index is 5.73. The largest absolute Gasteiger partial charge is 0.389 e. The first-order valence-corrected chi connectivity index (χ1v) is 7.07. The zero-order chi connectivity index (χ0) is 11.4. The summed E-state index contributed by atoms with van der Waals surface area (Å²) >= 11 is 1.61. The van der Waals surface area contributed by atoms with Gasteiger partial charge in [0, 0.05) is 13.1 Å². The lowest BCUT2D eigenvalue weighted by molar-refractivity contribution is 0.435. The average Bonchev–Trinajstić information content (AvgIpc) is 2.57. The van der Waals surface area contributed by atoms with E-state index in [4.69, 9.17) is 5.73 Å². The van der Waals surface area contributed by atoms with Crippen LogP contribution < -0.4 is 10.6 Å². The molecule has 4 heteroatoms. The molecule has 0 spiro atoms. The molecular weight excluding hydrogens is 218 g/mol. The van der Waals surface area contributed by atoms with E-state index in [1.54, 1.807) is 17.5 Å². The van der Waals surface area contributed by atoms with Gasteiger partial charge in [0.05, 0.1) is 6.20 Å². The fourth-order valence-electron chi connectivity index (χ4n) is 2.48. The van der Waals surface area contributed by atoms with Crippen LogP contribution in [-0.2, 0) is 0 Å². The average molecular weight is 239 g/mol. The van der Waals surface area contributed by atoms with Gasteiger partial charge in [-0.15, -0.1) is 0 Å². The van der Waals surface area contributed by atoms with E-state index in [1.165, 1.54) is 32.1 Å². The summed E-state index contributed by atoms with van der Waals surface area (Å²) in [5.74, 6) is 0.923. The third-order valence-corrected chi connectivity index (χ3v) is 4.21. The van der Waals surface area contributed by atoms with Crippen molar-refractivity contribution in [1.82, 2.24) is 4.98 Å². The fraction of sp³-hybridized carbons (Fsp3) is 0.750. The highest BCUT2D eigenvalue weighted by Gasteiger charge is 2.18. The van der Waals surface area contributed by atoms with Crippen molar-refractivity contribution in [3.63, 3.8) is 0 Å². The minimum Gasteiger partial charge on any atom is -0.389 e. The Morgan fingerprint density at radius 3 is 3.06 bits per heavy atom. The lowest BCUT2D eigenvalue weighted by atomic mass is 9.96. The topological polar surface area (TPSA) is 42.2 Å². The predicted octanol–water partition coefficient (Wildman–Crippen LogP) is 3.13. The van der Waals surface area contributed by atoms with E-state index in [0.29, 0.717) is 0 Å². The molecule has 1 atom stereocenters. The second kappa shape index (κ2) is 5.53. The highest BCUT2D eigenvalue weighted by molar-refractivity contribution is 7.19. The van der Waals surface area contributed by atoms with Crippen LogP contribution in [0, 0.1) is 5.92 Å². The number of thiazole rings is 1. The molecule has 2 N–H and O–H groups in total. The van der Waals surface area contributed by atoms with E-state index >= 15 is 0 Å². The van der Waals surface area contributed by atoms with E-state index in [-0.39, 0.29) is 0 Å². The number of hydrogen-bond acceptors (Lipinski definition) is 4. The van der Waals surface area contributed by atoms with Crippen molar-refractivity contribution in [3.8, 4) is 0 Å². The van der Waals surface area contributed by atoms with Crippen LogP contribution in [0.4, 0.5) is 10.1 Å². The van der Waals surface area contributed by atoms with Crippen molar-refractivity contribution in [2.24, 2.45) is 5.92 Å². The Bertz CT molecular complexity index is 324. The lowest BCUT2D eigenvalue weighted by Crippen LogP contribution is -2.23. The molecule has 1 aliphatic rings. The maximum Gasteiger partial charge on any atom is 0.187 e. The number of nitrogens with zero attached hydrogens (tertiary/aromatic N) is 2. The van der Waals surface area contributed by atoms with Gasteiger partial charge in [-0.1, -0.05) is 31.1 Å². The second-order valence-electron chi connectivity index (χ2n) is 4.62. The molecule has 0 amide bonds. The summed E-state index contributed by atoms with van der Waals surface area (Å²) in [6.45, 7) is 4.58. The first kappa shape index (κ1) is 11.7. The number of hydrogen-bond donors (Lipinski definition) is 1. The Balaban J connectivity index is 1.93. The van der Waals surface area contributed by atoms with Crippen molar-refractivity contribution in [2.45, 2.75) is 39.0 Å². The fourth-order valence-corrected chi connectivity index (χ4v) is 3.21. The van der Waals surface area contributed by atoms with Gasteiger partial charge in [0.15, 0.2) is 5.13 Å². The SMILES string of the molecule is CCCC1CCCN(c2ncc(N)s2)CC1. The lowest BCUT2D eigenvalue weighted by Gasteiger charge is -2.19. The third kappa shape index (κ3) is 2.88. The summed E-state index contributed by atoms with van der Waals surface area (Å²) < 4.78 is 0. The Morgan fingerprint density at radius 2 is 2.38 bits per heavy atom. The maximum absolute atomic E-state index is 5.73. The molecule has 16 heavy (non-hydrogen) atoms. The Hall–Kier alpha value is -0.770. The standard InChI is InChI=1S/C12H21N3S/c1-2-4-10-5-3-7-15(8-6-10)12-14-9-11(13)16-12/h9-10H,2-8,13H2,1H3. The van der Waals surface area contributed by atoms with Crippen molar-refractivity contribution < 1.29 is 0 Å². The highest BCUT2D eigenvalue weighted by Crippen LogP contribution is 2.28. The molecule has 0 radical (unpaired) electrons. The molecule has 2 heterocycles. The van der Waals surface area contributed by atoms with Gasteiger partial charge in [-0.2, -0.15) is 0 Å². The van der Waals surface area contributed by atoms with Crippen molar-refractivity contribution in [3.05, 3.63) is 6.20 Å². The van der Waals surface area contributed by atoms with Crippen molar-refractivity contribution in [1.29, 1.82) is 0 Å². The van der Waals surface area contributed by atoms with E-state index in [1.807, 2.05) is 0 Å². The molecule has 0 saturated carbocycles. The van der Waals surface area contributed by atoms with Crippen molar-refractivity contribution in [2.75, 3.05) is 23.7 Å². The molecule has 0 bridgehead atoms. The van der Waals surface area contributed by atoms with Crippen LogP contribution in [-0.4, -0.2) is 18.1 Å². The molecule has 90 valence electrons. The smallest absolute Gasteiger partial charge is 0.187 e. The van der Waals surface area contributed by atoms with Gasteiger partial charge in [0.1, 0.15) is 5.00 Å². The zero-order valence-corrected chi connectivity index (χ0v) is 10.8. The Labute approximate surface area is 102 Å². The highest BCUT2D eigenvalue weighted by atomic mass is 32.1. The Morgan fingerprint density at radius 1 is 1.50 bits per heavy atom. The van der Waals surface area contributed by atoms with E-state index in [2.05, 4.69) is 16.8 Å². The first-order chi connectivity index (χ1) is 7.79. The number of rotatable bonds is 3. The summed E-state index contributed by atoms with van der Waals surface area (Å²) in [5.41, 5.74) is 5.73. The zero-order valence-electron chi connectivity index (χ0n) is 9.98. The summed E-state index contributed by atoms with van der Waals surface area (Å²) in [6.07, 6.45) is 8.46. The molecule has 2 rings (SSSR count). The van der Waals surface area contributed by atoms with Crippen LogP contribution in [0.25, 0.3) is 0 Å². The van der Waals surface area contributed by atoms with Gasteiger partial charge >= 0.3 is 0 Å². The van der Waals surface area contributed by atoms with Crippen LogP contribution in [0.2, 0.25) is 0 Å². The van der Waals surface area contributed by atoms with Crippen LogP contribution in [0.1, 0.15) is 39.0 Å². The van der Waals surface area contributed by atoms with Crippen LogP contribution in [0.5, 0.6) is 0 Å². The molecule has 1 saturated heterocycles. The summed E-state index contributed by atoms with van der Waals surface area (Å²) in [7, 11) is 0. The van der Waals surface area contributed by atoms with Gasteiger partial charge in [0.25, 0.3) is 0 Å². The monoisotopic (exact) mass is 239 g/mol. The molecule has 1 aromatic heterocycles. The predicted molar refractivity (Wildman–Crippen MR) is 71.0 cm³/mol. The van der Waals surface area contributed by atoms with Gasteiger partial charge in [-0.25, -0.2) is 4.98 Å². The Kier molecular flexibility index (Phi) is 4.04. The number of anilines is 2. The summed E-state index contributed by atoms with van der Waals surface area (Å²) in [4.78, 5) is 6.77. The molecule has 0 aliphatic carbocycles. The number of nitrogen functional groups attached to an aromatic ring is 1. The number of aromatic nitrogens is 1. The van der Waals surface area contributed by atoms with Gasteiger partial charge in [-0.05, 0) is 25.2 Å². The summed E-state index contributed by atoms with van der Waals surface area (Å²) in [5, 5.41) is 1.93. The molecule has 1 aliphatic heterocycles. The van der Waals surface area contributed by atoms with Crippen molar-refractivity contribution >= 4 is 21.5 Å². The number of nitrogens with two attached hydrogens (primary N) is 1. The molecule has 3 nitrogen and oxygen atoms in total. The third-order valence-electron chi connectivity index (χ3n) is 3.33. The van der Waals surface area contributed by atoms with E-state index in [0.717, 1.165) is 29.1 Å². The quantitative estimate of drug-likeness (QED) is 0.881. The first-order valence-electron chi connectivity index (χ1n) is 6.26. The summed E-state index contributed by atoms with van der Waals surface area (Å²) in [6, 6.07) is 0. The van der Waals surface area contributed by atoms with Crippen LogP contribution in [0.3, 0.4) is 0 Å². The van der Waals surface area contributed by atoms with E-state index in [9.17, 15) is 0 Å². The minimum absolute atomic E-state index is 0.823. The van der Waals surface area contributed by atoms with Gasteiger partial charge in [-0.3, -0.25) is 0 Å². The minimum atomic E-state index is 0.823. The molecule has 1 fully saturated rings. The van der Waals surface area contributed by atoms with Crippen LogP contribution >= 0.6 is 11.3 Å². The molecule has 1 unspecified atom stereocenters. The second-order valence-corrected chi connectivity index (χ2v) is 5.66. The normalized spacial score (nSPS) is 22.1. The van der Waals surface area contributed by atoms with Gasteiger partial charge in [0.2, 0.25) is 0 Å². The molecule has 1 aromatic rings. The van der Waals surface area contributed by atoms with Gasteiger partial charge < -0.3 is 10.6 Å². The molecular formula is C12H21N3S. The molecule has 0 aromatic carbocycles.